The van der Waals surface area contributed by atoms with E-state index in [9.17, 15) is 4.79 Å². The van der Waals surface area contributed by atoms with Gasteiger partial charge in [0.15, 0.2) is 0 Å². The minimum Gasteiger partial charge on any atom is -0.444 e. The van der Waals surface area contributed by atoms with E-state index in [0.29, 0.717) is 6.54 Å². The summed E-state index contributed by atoms with van der Waals surface area (Å²) < 4.78 is 5.74. The summed E-state index contributed by atoms with van der Waals surface area (Å²) in [6, 6.07) is 13.5. The number of carbonyl (C=O) groups excluding carboxylic acids is 1. The number of aromatic nitrogens is 4. The fourth-order valence-corrected chi connectivity index (χ4v) is 8.50. The van der Waals surface area contributed by atoms with Gasteiger partial charge in [-0.3, -0.25) is 4.90 Å². The first-order valence-electron chi connectivity index (χ1n) is 17.5. The number of aromatic amines is 2. The number of imidazole rings is 2. The minimum atomic E-state index is -0.558. The Hall–Kier alpha value is -4.43. The summed E-state index contributed by atoms with van der Waals surface area (Å²) >= 11 is 0. The Morgan fingerprint density at radius 2 is 1.54 bits per heavy atom. The Bertz CT molecular complexity index is 1930. The van der Waals surface area contributed by atoms with E-state index in [1.807, 2.05) is 33.2 Å². The summed E-state index contributed by atoms with van der Waals surface area (Å²) in [6.07, 6.45) is 15.3. The Morgan fingerprint density at radius 1 is 0.854 bits per heavy atom. The van der Waals surface area contributed by atoms with Crippen molar-refractivity contribution in [1.82, 2.24) is 30.2 Å². The summed E-state index contributed by atoms with van der Waals surface area (Å²) in [7, 11) is 0. The molecule has 2 aliphatic carbocycles. The van der Waals surface area contributed by atoms with Crippen molar-refractivity contribution in [2.45, 2.75) is 96.2 Å². The van der Waals surface area contributed by atoms with Gasteiger partial charge in [-0.2, -0.15) is 0 Å². The van der Waals surface area contributed by atoms with Gasteiger partial charge in [-0.15, -0.1) is 0 Å². The van der Waals surface area contributed by atoms with Crippen LogP contribution < -0.4 is 5.32 Å². The molecule has 8 heteroatoms. The fourth-order valence-electron chi connectivity index (χ4n) is 8.50. The number of rotatable bonds is 5. The van der Waals surface area contributed by atoms with Gasteiger partial charge in [0.25, 0.3) is 0 Å². The van der Waals surface area contributed by atoms with Crippen molar-refractivity contribution < 1.29 is 9.53 Å². The molecule has 48 heavy (non-hydrogen) atoms. The van der Waals surface area contributed by atoms with Gasteiger partial charge in [0, 0.05) is 18.7 Å². The first-order chi connectivity index (χ1) is 23.1. The number of nitrogens with one attached hydrogen (secondary N) is 3. The zero-order valence-electron chi connectivity index (χ0n) is 28.7. The molecule has 8 nitrogen and oxygen atoms in total. The summed E-state index contributed by atoms with van der Waals surface area (Å²) in [4.78, 5) is 31.6. The van der Waals surface area contributed by atoms with Gasteiger partial charge in [-0.05, 0) is 93.5 Å². The third-order valence-corrected chi connectivity index (χ3v) is 10.7. The molecule has 4 aliphatic rings. The zero-order chi connectivity index (χ0) is 33.2. The number of amides is 1. The highest BCUT2D eigenvalue weighted by Crippen LogP contribution is 2.55. The van der Waals surface area contributed by atoms with Gasteiger partial charge in [0.1, 0.15) is 23.3 Å². The third-order valence-electron chi connectivity index (χ3n) is 10.7. The van der Waals surface area contributed by atoms with E-state index >= 15 is 0 Å². The fraction of sp³-hybridized carbons (Fsp3) is 0.425. The second-order valence-corrected chi connectivity index (χ2v) is 15.4. The van der Waals surface area contributed by atoms with Crippen molar-refractivity contribution in [2.24, 2.45) is 0 Å². The van der Waals surface area contributed by atoms with Crippen molar-refractivity contribution in [2.75, 3.05) is 13.1 Å². The van der Waals surface area contributed by atoms with Crippen LogP contribution in [0.5, 0.6) is 0 Å². The van der Waals surface area contributed by atoms with Crippen LogP contribution in [-0.4, -0.2) is 49.6 Å². The molecular formula is C40H46N6O2. The van der Waals surface area contributed by atoms with Crippen LogP contribution in [0.2, 0.25) is 0 Å². The lowest BCUT2D eigenvalue weighted by atomic mass is 9.76. The number of H-pyrrole nitrogens is 2. The third kappa shape index (κ3) is 5.50. The van der Waals surface area contributed by atoms with Gasteiger partial charge >= 0.3 is 6.09 Å². The first kappa shape index (κ1) is 30.9. The SMILES string of the molecule is CC1=C[C@@H](c2ncc(-c3ccc(-c4ccc(-c5cnc([C@@H]6C=C(C)CN6C(=O)OC(C)(C)C)[nH]5)c5c4C4(CCCC4)CC5)cc3)[nH]2)NC1. The van der Waals surface area contributed by atoms with E-state index in [-0.39, 0.29) is 23.6 Å². The molecule has 0 unspecified atom stereocenters. The topological polar surface area (TPSA) is 98.9 Å². The molecule has 2 atom stereocenters. The molecule has 1 fully saturated rings. The summed E-state index contributed by atoms with van der Waals surface area (Å²) in [5.74, 6) is 1.73. The highest BCUT2D eigenvalue weighted by Gasteiger charge is 2.44. The Labute approximate surface area is 283 Å². The number of carbonyl (C=O) groups is 1. The maximum Gasteiger partial charge on any atom is 0.411 e. The number of ether oxygens (including phenoxy) is 1. The van der Waals surface area contributed by atoms with Crippen molar-refractivity contribution in [1.29, 1.82) is 0 Å². The zero-order valence-corrected chi connectivity index (χ0v) is 28.7. The quantitative estimate of drug-likeness (QED) is 0.189. The van der Waals surface area contributed by atoms with E-state index in [0.717, 1.165) is 47.1 Å². The van der Waals surface area contributed by atoms with Crippen LogP contribution in [0.1, 0.15) is 102 Å². The van der Waals surface area contributed by atoms with Gasteiger partial charge in [-0.25, -0.2) is 14.8 Å². The number of fused-ring (bicyclic) bond motifs is 2. The molecule has 1 amide bonds. The van der Waals surface area contributed by atoms with Crippen LogP contribution in [0.4, 0.5) is 4.79 Å². The molecule has 0 bridgehead atoms. The van der Waals surface area contributed by atoms with Crippen LogP contribution >= 0.6 is 0 Å². The molecule has 2 aromatic heterocycles. The lowest BCUT2D eigenvalue weighted by Gasteiger charge is -2.28. The highest BCUT2D eigenvalue weighted by molar-refractivity contribution is 5.80. The van der Waals surface area contributed by atoms with E-state index in [2.05, 4.69) is 82.7 Å². The van der Waals surface area contributed by atoms with Crippen LogP contribution in [-0.2, 0) is 16.6 Å². The number of nitrogens with zero attached hydrogens (tertiary/aromatic N) is 3. The predicted molar refractivity (Wildman–Crippen MR) is 189 cm³/mol. The molecule has 4 aromatic rings. The molecule has 1 saturated carbocycles. The van der Waals surface area contributed by atoms with Crippen LogP contribution in [0.3, 0.4) is 0 Å². The number of hydrogen-bond acceptors (Lipinski definition) is 5. The van der Waals surface area contributed by atoms with E-state index in [4.69, 9.17) is 9.72 Å². The second kappa shape index (κ2) is 11.6. The number of benzene rings is 2. The Kier molecular flexibility index (Phi) is 7.47. The van der Waals surface area contributed by atoms with E-state index in [1.165, 1.54) is 65.5 Å². The average molecular weight is 643 g/mol. The van der Waals surface area contributed by atoms with Gasteiger partial charge in [0.2, 0.25) is 0 Å². The second-order valence-electron chi connectivity index (χ2n) is 15.4. The maximum atomic E-state index is 13.1. The maximum absolute atomic E-state index is 13.1. The standard InChI is InChI=1S/C40H46N6O2/c1-24-18-31(41-20-24)36-42-21-32(44-36)27-10-8-26(9-11-27)28-12-13-29(30-14-17-40(35(28)30)15-6-7-16-40)33-22-43-37(45-33)34-19-25(2)23-46(34)38(47)48-39(3,4)5/h8-13,18-19,21-22,31,34,41H,6-7,14-17,20,23H2,1-5H3,(H,42,44)(H,43,45)/t31-,34-/m0/s1. The molecular weight excluding hydrogens is 596 g/mol. The Morgan fingerprint density at radius 3 is 2.27 bits per heavy atom. The smallest absolute Gasteiger partial charge is 0.411 e. The normalized spacial score (nSPS) is 21.6. The molecule has 0 saturated heterocycles. The molecule has 4 heterocycles. The number of hydrogen-bond donors (Lipinski definition) is 3. The molecule has 8 rings (SSSR count). The summed E-state index contributed by atoms with van der Waals surface area (Å²) in [5.41, 5.74) is 12.2. The predicted octanol–water partition coefficient (Wildman–Crippen LogP) is 8.72. The molecule has 0 radical (unpaired) electrons. The molecule has 248 valence electrons. The Balaban J connectivity index is 1.11. The van der Waals surface area contributed by atoms with Crippen molar-refractivity contribution in [3.05, 3.63) is 94.9 Å². The molecule has 2 aliphatic heterocycles. The first-order valence-corrected chi connectivity index (χ1v) is 17.5. The highest BCUT2D eigenvalue weighted by atomic mass is 16.6. The van der Waals surface area contributed by atoms with Gasteiger partial charge in [-0.1, -0.05) is 72.5 Å². The molecule has 1 spiro atoms. The van der Waals surface area contributed by atoms with Crippen LogP contribution in [0.15, 0.2) is 72.1 Å². The van der Waals surface area contributed by atoms with Crippen molar-refractivity contribution in [3.63, 3.8) is 0 Å². The molecule has 3 N–H and O–H groups in total. The summed E-state index contributed by atoms with van der Waals surface area (Å²) in [5, 5.41) is 3.50. The van der Waals surface area contributed by atoms with E-state index in [1.54, 1.807) is 4.90 Å². The summed E-state index contributed by atoms with van der Waals surface area (Å²) in [6.45, 7) is 11.4. The van der Waals surface area contributed by atoms with Crippen LogP contribution in [0.25, 0.3) is 33.6 Å². The van der Waals surface area contributed by atoms with E-state index < -0.39 is 5.60 Å². The van der Waals surface area contributed by atoms with Gasteiger partial charge < -0.3 is 20.0 Å². The monoisotopic (exact) mass is 642 g/mol. The van der Waals surface area contributed by atoms with Gasteiger partial charge in [0.05, 0.1) is 29.8 Å². The van der Waals surface area contributed by atoms with Crippen molar-refractivity contribution in [3.8, 4) is 33.6 Å². The largest absolute Gasteiger partial charge is 0.444 e. The van der Waals surface area contributed by atoms with Crippen molar-refractivity contribution >= 4 is 6.09 Å². The minimum absolute atomic E-state index is 0.148. The molecule has 2 aromatic carbocycles. The average Bonchev–Trinajstić information content (AvgIpc) is 3.90. The lowest BCUT2D eigenvalue weighted by molar-refractivity contribution is 0.0232. The van der Waals surface area contributed by atoms with Crippen LogP contribution in [0, 0.1) is 0 Å². The lowest BCUT2D eigenvalue weighted by Crippen LogP contribution is -2.37.